The maximum Gasteiger partial charge on any atom is 0.384 e. The van der Waals surface area contributed by atoms with Crippen LogP contribution in [0.15, 0.2) is 0 Å². The lowest BCUT2D eigenvalue weighted by molar-refractivity contribution is -0.490. The topological polar surface area (TPSA) is 20.2 Å². The summed E-state index contributed by atoms with van der Waals surface area (Å²) in [6, 6.07) is 0. The van der Waals surface area contributed by atoms with Crippen LogP contribution < -0.4 is 0 Å². The third-order valence-electron chi connectivity index (χ3n) is 3.77. The Hall–Kier alpha value is -1.09. The van der Waals surface area contributed by atoms with Gasteiger partial charge in [-0.1, -0.05) is 0 Å². The summed E-state index contributed by atoms with van der Waals surface area (Å²) in [5, 5.41) is 7.95. The minimum absolute atomic E-state index is 3.03. The molecule has 0 atom stereocenters. The van der Waals surface area contributed by atoms with E-state index in [9.17, 15) is 65.9 Å². The first-order chi connectivity index (χ1) is 11.0. The molecule has 0 saturated heterocycles. The van der Waals surface area contributed by atoms with Crippen molar-refractivity contribution in [2.75, 3.05) is 6.61 Å². The van der Waals surface area contributed by atoms with Crippen molar-refractivity contribution in [1.82, 2.24) is 0 Å². The van der Waals surface area contributed by atoms with Crippen molar-refractivity contribution in [2.24, 2.45) is 0 Å². The van der Waals surface area contributed by atoms with Gasteiger partial charge in [-0.15, -0.1) is 0 Å². The van der Waals surface area contributed by atoms with Crippen molar-refractivity contribution >= 4 is 0 Å². The van der Waals surface area contributed by atoms with Crippen molar-refractivity contribution in [2.45, 2.75) is 53.5 Å². The summed E-state index contributed by atoms with van der Waals surface area (Å²) in [5.41, 5.74) is -7.25. The van der Waals surface area contributed by atoms with Crippen LogP contribution in [0, 0.1) is 0 Å². The van der Waals surface area contributed by atoms with Crippen LogP contribution in [0.3, 0.4) is 0 Å². The van der Waals surface area contributed by atoms with Crippen molar-refractivity contribution in [3.8, 4) is 0 Å². The van der Waals surface area contributed by atoms with E-state index in [-0.39, 0.29) is 0 Å². The molecule has 0 radical (unpaired) electrons. The summed E-state index contributed by atoms with van der Waals surface area (Å²) in [6.07, 6.45) is -4.44. The zero-order valence-electron chi connectivity index (χ0n) is 11.5. The average Bonchev–Trinajstić information content (AvgIpc) is 2.44. The van der Waals surface area contributed by atoms with E-state index in [1.807, 2.05) is 0 Å². The van der Waals surface area contributed by atoms with Crippen LogP contribution in [0.5, 0.6) is 0 Å². The minimum atomic E-state index is -7.68. The number of aliphatic hydroxyl groups excluding tert-OH is 1. The van der Waals surface area contributed by atoms with E-state index < -0.39 is 60.2 Å². The highest BCUT2D eigenvalue weighted by Crippen LogP contribution is 2.71. The normalized spacial score (nSPS) is 28.6. The maximum atomic E-state index is 13.9. The Balaban J connectivity index is 3.77. The number of hydrogen-bond acceptors (Lipinski definition) is 1. The molecular weight excluding hydrogens is 421 g/mol. The molecule has 0 amide bonds. The highest BCUT2D eigenvalue weighted by Gasteiger charge is 3.01. The third kappa shape index (κ3) is 2.19. The first-order valence-corrected chi connectivity index (χ1v) is 5.96. The predicted octanol–water partition coefficient (Wildman–Crippen LogP) is 4.54. The largest absolute Gasteiger partial charge is 0.390 e. The summed E-state index contributed by atoms with van der Waals surface area (Å²) < 4.78 is 197. The fraction of sp³-hybridized carbons (Fsp3) is 1.00. The lowest BCUT2D eigenvalue weighted by Gasteiger charge is -2.53. The summed E-state index contributed by atoms with van der Waals surface area (Å²) >= 11 is 0. The molecule has 16 heteroatoms. The van der Waals surface area contributed by atoms with E-state index in [0.29, 0.717) is 0 Å². The Kier molecular flexibility index (Phi) is 4.63. The third-order valence-corrected chi connectivity index (χ3v) is 3.77. The van der Waals surface area contributed by atoms with Gasteiger partial charge in [0.15, 0.2) is 0 Å². The molecule has 0 bridgehead atoms. The van der Waals surface area contributed by atoms with Gasteiger partial charge in [0.05, 0.1) is 6.42 Å². The Morgan fingerprint density at radius 2 is 0.769 bits per heavy atom. The van der Waals surface area contributed by atoms with Gasteiger partial charge in [0, 0.05) is 0 Å². The first kappa shape index (κ1) is 23.0. The lowest BCUT2D eigenvalue weighted by atomic mass is 9.69. The molecule has 1 aliphatic carbocycles. The second kappa shape index (κ2) is 5.25. The zero-order valence-corrected chi connectivity index (χ0v) is 11.5. The van der Waals surface area contributed by atoms with Crippen LogP contribution in [-0.4, -0.2) is 58.8 Å². The smallest absolute Gasteiger partial charge is 0.384 e. The summed E-state index contributed by atoms with van der Waals surface area (Å²) in [5.74, 6) is -50.9. The molecule has 0 heterocycles. The Morgan fingerprint density at radius 1 is 0.500 bits per heavy atom. The second-order valence-electron chi connectivity index (χ2n) is 5.42. The molecular formula is C10H5F15O. The Labute approximate surface area is 132 Å². The number of aliphatic hydroxyl groups is 1. The van der Waals surface area contributed by atoms with Crippen LogP contribution in [0.4, 0.5) is 65.9 Å². The van der Waals surface area contributed by atoms with Crippen LogP contribution >= 0.6 is 0 Å². The van der Waals surface area contributed by atoms with E-state index in [2.05, 4.69) is 0 Å². The monoisotopic (exact) mass is 426 g/mol. The summed E-state index contributed by atoms with van der Waals surface area (Å²) in [6.45, 7) is -3.03. The fourth-order valence-electron chi connectivity index (χ4n) is 2.06. The number of hydrogen-bond donors (Lipinski definition) is 1. The van der Waals surface area contributed by atoms with Gasteiger partial charge in [-0.05, 0) is 0 Å². The van der Waals surface area contributed by atoms with Gasteiger partial charge in [0.2, 0.25) is 0 Å². The predicted molar refractivity (Wildman–Crippen MR) is 50.2 cm³/mol. The molecule has 26 heavy (non-hydrogen) atoms. The van der Waals surface area contributed by atoms with Gasteiger partial charge < -0.3 is 5.11 Å². The molecule has 0 aromatic rings. The molecule has 1 fully saturated rings. The molecule has 1 aliphatic rings. The van der Waals surface area contributed by atoms with Gasteiger partial charge in [-0.2, -0.15) is 61.5 Å². The standard InChI is InChI=1S/C10H5F15O/c11-3(1-4(12,13)5(14,15)2-26)6(16,17)8(20,21)10(24,25)9(22,23)7(3,18)19/h26H,1-2H2. The molecule has 1 saturated carbocycles. The van der Waals surface area contributed by atoms with Gasteiger partial charge >= 0.3 is 41.5 Å². The SMILES string of the molecule is OCC(F)(F)C(F)(F)CC1(F)C(F)(F)C(F)(F)C(F)(F)C(F)(F)C1(F)F. The Bertz CT molecular complexity index is 535. The van der Waals surface area contributed by atoms with Crippen LogP contribution in [-0.2, 0) is 0 Å². The maximum absolute atomic E-state index is 13.9. The quantitative estimate of drug-likeness (QED) is 0.655. The molecule has 1 N–H and O–H groups in total. The van der Waals surface area contributed by atoms with Crippen molar-refractivity contribution in [1.29, 1.82) is 0 Å². The lowest BCUT2D eigenvalue weighted by Crippen LogP contribution is -2.84. The molecule has 1 nitrogen and oxygen atoms in total. The van der Waals surface area contributed by atoms with Crippen molar-refractivity contribution in [3.05, 3.63) is 0 Å². The van der Waals surface area contributed by atoms with E-state index in [0.717, 1.165) is 0 Å². The van der Waals surface area contributed by atoms with Gasteiger partial charge in [-0.25, -0.2) is 4.39 Å². The molecule has 0 spiro atoms. The van der Waals surface area contributed by atoms with Crippen LogP contribution in [0.1, 0.15) is 6.42 Å². The first-order valence-electron chi connectivity index (χ1n) is 5.96. The molecule has 156 valence electrons. The van der Waals surface area contributed by atoms with E-state index in [1.165, 1.54) is 0 Å². The fourth-order valence-corrected chi connectivity index (χ4v) is 2.06. The highest BCUT2D eigenvalue weighted by atomic mass is 19.4. The summed E-state index contributed by atoms with van der Waals surface area (Å²) in [7, 11) is 0. The van der Waals surface area contributed by atoms with Crippen LogP contribution in [0.25, 0.3) is 0 Å². The van der Waals surface area contributed by atoms with E-state index >= 15 is 0 Å². The van der Waals surface area contributed by atoms with E-state index in [4.69, 9.17) is 5.11 Å². The number of rotatable bonds is 4. The second-order valence-corrected chi connectivity index (χ2v) is 5.42. The average molecular weight is 426 g/mol. The molecule has 1 rings (SSSR count). The van der Waals surface area contributed by atoms with Gasteiger partial charge in [0.25, 0.3) is 5.67 Å². The molecule has 0 unspecified atom stereocenters. The minimum Gasteiger partial charge on any atom is -0.390 e. The van der Waals surface area contributed by atoms with Crippen LogP contribution in [0.2, 0.25) is 0 Å². The van der Waals surface area contributed by atoms with E-state index in [1.54, 1.807) is 0 Å². The Morgan fingerprint density at radius 3 is 1.04 bits per heavy atom. The molecule has 0 aromatic carbocycles. The summed E-state index contributed by atoms with van der Waals surface area (Å²) in [4.78, 5) is 0. The number of halogens is 15. The van der Waals surface area contributed by atoms with Crippen molar-refractivity contribution in [3.63, 3.8) is 0 Å². The molecule has 0 aromatic heterocycles. The number of alkyl halides is 15. The zero-order chi connectivity index (χ0) is 21.4. The van der Waals surface area contributed by atoms with Gasteiger partial charge in [-0.3, -0.25) is 0 Å². The molecule has 0 aliphatic heterocycles. The van der Waals surface area contributed by atoms with Crippen molar-refractivity contribution < 1.29 is 71.0 Å². The highest BCUT2D eigenvalue weighted by molar-refractivity contribution is 5.27. The van der Waals surface area contributed by atoms with Gasteiger partial charge in [0.1, 0.15) is 6.61 Å².